The van der Waals surface area contributed by atoms with Gasteiger partial charge in [-0.1, -0.05) is 0 Å². The second-order valence-electron chi connectivity index (χ2n) is 3.29. The highest BCUT2D eigenvalue weighted by molar-refractivity contribution is 5.16. The third-order valence-corrected chi connectivity index (χ3v) is 1.81. The fraction of sp³-hybridized carbons (Fsp3) is 0.571. The van der Waals surface area contributed by atoms with Gasteiger partial charge in [0.1, 0.15) is 5.60 Å². The number of nitrogens with one attached hydrogen (secondary N) is 1. The van der Waals surface area contributed by atoms with Crippen LogP contribution in [0.1, 0.15) is 25.2 Å². The van der Waals surface area contributed by atoms with E-state index in [0.717, 1.165) is 6.07 Å². The molecule has 0 radical (unpaired) electrons. The molecular weight excluding hydrogens is 199 g/mol. The average Bonchev–Trinajstić information content (AvgIpc) is 2.51. The first kappa shape index (κ1) is 11.0. The van der Waals surface area contributed by atoms with Crippen LogP contribution >= 0.6 is 0 Å². The van der Waals surface area contributed by atoms with Crippen LogP contribution in [0, 0.1) is 0 Å². The normalized spacial score (nSPS) is 13.3. The lowest BCUT2D eigenvalue weighted by molar-refractivity contribution is -0.141. The van der Waals surface area contributed by atoms with E-state index in [9.17, 15) is 13.2 Å². The van der Waals surface area contributed by atoms with Crippen LogP contribution in [-0.2, 0) is 16.6 Å². The molecular formula is C7H10F3N3O. The number of alkyl halides is 3. The highest BCUT2D eigenvalue weighted by atomic mass is 19.4. The van der Waals surface area contributed by atoms with Crippen molar-refractivity contribution in [3.05, 3.63) is 17.5 Å². The molecule has 0 unspecified atom stereocenters. The highest BCUT2D eigenvalue weighted by Gasteiger charge is 2.36. The summed E-state index contributed by atoms with van der Waals surface area (Å²) in [5, 5.41) is 5.34. The molecule has 3 N–H and O–H groups in total. The van der Waals surface area contributed by atoms with E-state index in [-0.39, 0.29) is 5.69 Å². The summed E-state index contributed by atoms with van der Waals surface area (Å²) in [5.74, 6) is 4.93. The highest BCUT2D eigenvalue weighted by Crippen LogP contribution is 2.30. The fourth-order valence-corrected chi connectivity index (χ4v) is 0.839. The van der Waals surface area contributed by atoms with Gasteiger partial charge in [-0.2, -0.15) is 18.3 Å². The molecule has 0 atom stereocenters. The van der Waals surface area contributed by atoms with E-state index in [1.165, 1.54) is 13.8 Å². The molecule has 1 aromatic heterocycles. The number of aromatic amines is 1. The summed E-state index contributed by atoms with van der Waals surface area (Å²) in [7, 11) is 0. The van der Waals surface area contributed by atoms with Gasteiger partial charge in [0.2, 0.25) is 0 Å². The van der Waals surface area contributed by atoms with Crippen molar-refractivity contribution in [2.45, 2.75) is 25.6 Å². The molecule has 14 heavy (non-hydrogen) atoms. The minimum atomic E-state index is -4.46. The van der Waals surface area contributed by atoms with Crippen molar-refractivity contribution in [3.63, 3.8) is 0 Å². The van der Waals surface area contributed by atoms with Gasteiger partial charge < -0.3 is 0 Å². The van der Waals surface area contributed by atoms with Gasteiger partial charge in [0, 0.05) is 0 Å². The van der Waals surface area contributed by atoms with Crippen molar-refractivity contribution < 1.29 is 18.0 Å². The predicted octanol–water partition coefficient (Wildman–Crippen LogP) is 1.55. The van der Waals surface area contributed by atoms with Crippen molar-refractivity contribution >= 4 is 0 Å². The van der Waals surface area contributed by atoms with E-state index >= 15 is 0 Å². The van der Waals surface area contributed by atoms with Gasteiger partial charge in [0.25, 0.3) is 0 Å². The van der Waals surface area contributed by atoms with Crippen molar-refractivity contribution in [3.8, 4) is 0 Å². The molecule has 1 aromatic rings. The minimum absolute atomic E-state index is 0.173. The molecule has 0 fully saturated rings. The van der Waals surface area contributed by atoms with Crippen LogP contribution in [0.5, 0.6) is 0 Å². The number of rotatable bonds is 2. The van der Waals surface area contributed by atoms with E-state index in [0.29, 0.717) is 0 Å². The van der Waals surface area contributed by atoms with Crippen molar-refractivity contribution in [2.75, 3.05) is 0 Å². The maximum atomic E-state index is 12.1. The molecule has 0 aliphatic rings. The Bertz CT molecular complexity index is 318. The van der Waals surface area contributed by atoms with E-state index in [2.05, 4.69) is 15.0 Å². The quantitative estimate of drug-likeness (QED) is 0.726. The second-order valence-corrected chi connectivity index (χ2v) is 3.29. The first-order valence-electron chi connectivity index (χ1n) is 3.78. The monoisotopic (exact) mass is 209 g/mol. The molecule has 0 aromatic carbocycles. The number of H-pyrrole nitrogens is 1. The van der Waals surface area contributed by atoms with E-state index in [1.807, 2.05) is 0 Å². The molecule has 80 valence electrons. The molecule has 4 nitrogen and oxygen atoms in total. The number of halogens is 3. The molecule has 0 saturated heterocycles. The van der Waals surface area contributed by atoms with Crippen molar-refractivity contribution in [2.24, 2.45) is 5.90 Å². The molecule has 1 rings (SSSR count). The van der Waals surface area contributed by atoms with Gasteiger partial charge in [-0.3, -0.25) is 9.94 Å². The molecule has 0 bridgehead atoms. The van der Waals surface area contributed by atoms with Crippen LogP contribution in [0.2, 0.25) is 0 Å². The SMILES string of the molecule is CC(C)(ON)c1cc(C(F)(F)F)n[nH]1. The number of hydrogen-bond acceptors (Lipinski definition) is 3. The third-order valence-electron chi connectivity index (χ3n) is 1.81. The number of aromatic nitrogens is 2. The third kappa shape index (κ3) is 2.05. The van der Waals surface area contributed by atoms with Crippen LogP contribution in [-0.4, -0.2) is 10.2 Å². The Morgan fingerprint density at radius 3 is 2.36 bits per heavy atom. The molecule has 7 heteroatoms. The molecule has 0 amide bonds. The average molecular weight is 209 g/mol. The van der Waals surface area contributed by atoms with E-state index in [4.69, 9.17) is 5.90 Å². The standard InChI is InChI=1S/C7H10F3N3O/c1-6(2,14-11)4-3-5(13-12-4)7(8,9)10/h3H,11H2,1-2H3,(H,12,13). The number of hydrogen-bond donors (Lipinski definition) is 2. The zero-order valence-electron chi connectivity index (χ0n) is 7.64. The van der Waals surface area contributed by atoms with Crippen LogP contribution in [0.25, 0.3) is 0 Å². The number of nitrogens with two attached hydrogens (primary N) is 1. The van der Waals surface area contributed by atoms with Gasteiger partial charge in [0.05, 0.1) is 5.69 Å². The topological polar surface area (TPSA) is 63.9 Å². The Labute approximate surface area is 78.2 Å². The smallest absolute Gasteiger partial charge is 0.292 e. The Balaban J connectivity index is 3.00. The molecule has 0 saturated carbocycles. The van der Waals surface area contributed by atoms with E-state index in [1.54, 1.807) is 0 Å². The van der Waals surface area contributed by atoms with Gasteiger partial charge in [-0.05, 0) is 19.9 Å². The van der Waals surface area contributed by atoms with Crippen LogP contribution in [0.4, 0.5) is 13.2 Å². The van der Waals surface area contributed by atoms with Gasteiger partial charge in [-0.25, -0.2) is 5.90 Å². The van der Waals surface area contributed by atoms with Gasteiger partial charge in [-0.15, -0.1) is 0 Å². The van der Waals surface area contributed by atoms with Crippen molar-refractivity contribution in [1.82, 2.24) is 10.2 Å². The van der Waals surface area contributed by atoms with E-state index < -0.39 is 17.5 Å². The fourth-order valence-electron chi connectivity index (χ4n) is 0.839. The van der Waals surface area contributed by atoms with Gasteiger partial charge in [0.15, 0.2) is 5.69 Å². The Hall–Kier alpha value is -1.08. The summed E-state index contributed by atoms with van der Waals surface area (Å²) in [6.45, 7) is 3.06. The Morgan fingerprint density at radius 2 is 2.00 bits per heavy atom. The summed E-state index contributed by atoms with van der Waals surface area (Å²) in [5.41, 5.74) is -1.83. The first-order chi connectivity index (χ1) is 6.27. The lowest BCUT2D eigenvalue weighted by atomic mass is 10.1. The summed E-state index contributed by atoms with van der Waals surface area (Å²) in [6, 6.07) is 0.868. The Kier molecular flexibility index (Phi) is 2.55. The van der Waals surface area contributed by atoms with Gasteiger partial charge >= 0.3 is 6.18 Å². The first-order valence-corrected chi connectivity index (χ1v) is 3.78. The van der Waals surface area contributed by atoms with Crippen LogP contribution < -0.4 is 5.90 Å². The largest absolute Gasteiger partial charge is 0.435 e. The molecule has 0 spiro atoms. The minimum Gasteiger partial charge on any atom is -0.292 e. The zero-order valence-corrected chi connectivity index (χ0v) is 7.64. The lowest BCUT2D eigenvalue weighted by Gasteiger charge is -2.19. The lowest BCUT2D eigenvalue weighted by Crippen LogP contribution is -2.25. The Morgan fingerprint density at radius 1 is 1.43 bits per heavy atom. The maximum absolute atomic E-state index is 12.1. The van der Waals surface area contributed by atoms with Crippen molar-refractivity contribution in [1.29, 1.82) is 0 Å². The summed E-state index contributed by atoms with van der Waals surface area (Å²) in [6.07, 6.45) is -4.46. The van der Waals surface area contributed by atoms with Crippen LogP contribution in [0.3, 0.4) is 0 Å². The molecule has 0 aliphatic heterocycles. The summed E-state index contributed by atoms with van der Waals surface area (Å²) >= 11 is 0. The maximum Gasteiger partial charge on any atom is 0.435 e. The molecule has 1 heterocycles. The summed E-state index contributed by atoms with van der Waals surface area (Å²) < 4.78 is 36.4. The zero-order chi connectivity index (χ0) is 11.0. The number of nitrogens with zero attached hydrogens (tertiary/aromatic N) is 1. The summed E-state index contributed by atoms with van der Waals surface area (Å²) in [4.78, 5) is 4.51. The predicted molar refractivity (Wildman–Crippen MR) is 41.9 cm³/mol. The second kappa shape index (κ2) is 3.25. The van der Waals surface area contributed by atoms with Crippen LogP contribution in [0.15, 0.2) is 6.07 Å². The molecule has 0 aliphatic carbocycles.